The summed E-state index contributed by atoms with van der Waals surface area (Å²) in [6.45, 7) is 6.78. The van der Waals surface area contributed by atoms with Gasteiger partial charge in [0.15, 0.2) is 0 Å². The number of carbonyl (C=O) groups excluding carboxylic acids is 1. The zero-order valence-corrected chi connectivity index (χ0v) is 10.8. The van der Waals surface area contributed by atoms with Crippen molar-refractivity contribution < 1.29 is 9.53 Å². The normalized spacial score (nSPS) is 47.2. The topological polar surface area (TPSA) is 29.6 Å². The summed E-state index contributed by atoms with van der Waals surface area (Å²) < 4.78 is 6.26. The molecule has 0 bridgehead atoms. The zero-order valence-electron chi connectivity index (χ0n) is 10.8. The van der Waals surface area contributed by atoms with Gasteiger partial charge in [-0.1, -0.05) is 39.0 Å². The third-order valence-electron chi connectivity index (χ3n) is 5.27. The van der Waals surface area contributed by atoms with Crippen LogP contribution in [0.25, 0.3) is 0 Å². The van der Waals surface area contributed by atoms with Crippen LogP contribution in [0.4, 0.5) is 0 Å². The summed E-state index contributed by atoms with van der Waals surface area (Å²) in [7, 11) is 0. The lowest BCUT2D eigenvalue weighted by molar-refractivity contribution is -0.104. The van der Waals surface area contributed by atoms with Gasteiger partial charge in [0, 0.05) is 11.0 Å². The van der Waals surface area contributed by atoms with Gasteiger partial charge in [-0.3, -0.25) is 4.79 Å². The lowest BCUT2D eigenvalue weighted by Gasteiger charge is -2.28. The highest BCUT2D eigenvalue weighted by Crippen LogP contribution is 2.73. The molecule has 1 aliphatic heterocycles. The highest BCUT2D eigenvalue weighted by atomic mass is 16.6. The van der Waals surface area contributed by atoms with E-state index in [1.54, 1.807) is 0 Å². The number of hydrogen-bond donors (Lipinski definition) is 0. The lowest BCUT2D eigenvalue weighted by atomic mass is 9.72. The number of epoxide rings is 1. The summed E-state index contributed by atoms with van der Waals surface area (Å²) in [5, 5.41) is 0. The minimum Gasteiger partial charge on any atom is -0.361 e. The van der Waals surface area contributed by atoms with Crippen LogP contribution in [0, 0.1) is 11.3 Å². The molecule has 2 fully saturated rings. The van der Waals surface area contributed by atoms with E-state index in [1.165, 1.54) is 6.42 Å². The van der Waals surface area contributed by atoms with Crippen LogP contribution < -0.4 is 0 Å². The van der Waals surface area contributed by atoms with Crippen molar-refractivity contribution in [1.29, 1.82) is 0 Å². The fourth-order valence-electron chi connectivity index (χ4n) is 4.02. The first-order chi connectivity index (χ1) is 8.00. The Morgan fingerprint density at radius 2 is 2.18 bits per heavy atom. The van der Waals surface area contributed by atoms with Crippen molar-refractivity contribution >= 4 is 6.29 Å². The SMILES string of the molecule is CC(C)C12CCC3(C)C=CC(C=O)=CCC31O2. The van der Waals surface area contributed by atoms with Crippen LogP contribution >= 0.6 is 0 Å². The van der Waals surface area contributed by atoms with Gasteiger partial charge in [0.25, 0.3) is 0 Å². The maximum Gasteiger partial charge on any atom is 0.149 e. The van der Waals surface area contributed by atoms with E-state index in [4.69, 9.17) is 4.74 Å². The van der Waals surface area contributed by atoms with Gasteiger partial charge in [0.2, 0.25) is 0 Å². The minimum atomic E-state index is -0.0462. The Balaban J connectivity index is 2.04. The molecule has 0 radical (unpaired) electrons. The Hall–Kier alpha value is -0.890. The van der Waals surface area contributed by atoms with Gasteiger partial charge in [-0.15, -0.1) is 0 Å². The number of carbonyl (C=O) groups is 1. The summed E-state index contributed by atoms with van der Waals surface area (Å²) in [5.41, 5.74) is 0.901. The molecule has 3 aliphatic rings. The molecule has 0 N–H and O–H groups in total. The predicted molar refractivity (Wildman–Crippen MR) is 66.6 cm³/mol. The average Bonchev–Trinajstić information content (AvgIpc) is 2.95. The molecular formula is C15H20O2. The molecule has 2 aliphatic carbocycles. The number of rotatable bonds is 2. The standard InChI is InChI=1S/C15H20O2/c1-11(2)14-9-8-13(3)6-4-12(10-16)5-7-15(13,14)17-14/h4-6,10-11H,7-9H2,1-3H3. The Labute approximate surface area is 103 Å². The molecule has 0 aromatic heterocycles. The second-order valence-corrected chi connectivity index (χ2v) is 6.25. The van der Waals surface area contributed by atoms with Crippen molar-refractivity contribution in [2.24, 2.45) is 11.3 Å². The Kier molecular flexibility index (Phi) is 2.05. The van der Waals surface area contributed by atoms with Crippen LogP contribution in [0.5, 0.6) is 0 Å². The number of allylic oxidation sites excluding steroid dienone is 2. The number of hydrogen-bond acceptors (Lipinski definition) is 2. The quantitative estimate of drug-likeness (QED) is 0.541. The van der Waals surface area contributed by atoms with E-state index >= 15 is 0 Å². The molecule has 92 valence electrons. The molecule has 3 atom stereocenters. The van der Waals surface area contributed by atoms with Gasteiger partial charge in [0.05, 0.1) is 0 Å². The number of ether oxygens (including phenoxy) is 1. The van der Waals surface area contributed by atoms with Crippen molar-refractivity contribution in [2.75, 3.05) is 0 Å². The Morgan fingerprint density at radius 3 is 2.76 bits per heavy atom. The number of aldehydes is 1. The van der Waals surface area contributed by atoms with Crippen molar-refractivity contribution in [1.82, 2.24) is 0 Å². The van der Waals surface area contributed by atoms with Gasteiger partial charge in [-0.05, 0) is 25.2 Å². The highest BCUT2D eigenvalue weighted by Gasteiger charge is 2.80. The third-order valence-corrected chi connectivity index (χ3v) is 5.27. The zero-order chi connectivity index (χ0) is 12.3. The Morgan fingerprint density at radius 1 is 1.41 bits per heavy atom. The van der Waals surface area contributed by atoms with Crippen molar-refractivity contribution in [2.45, 2.75) is 51.2 Å². The Bertz CT molecular complexity index is 434. The van der Waals surface area contributed by atoms with Gasteiger partial charge in [-0.25, -0.2) is 0 Å². The molecule has 1 spiro atoms. The van der Waals surface area contributed by atoms with E-state index in [1.807, 2.05) is 12.2 Å². The van der Waals surface area contributed by atoms with Crippen LogP contribution in [-0.2, 0) is 9.53 Å². The van der Waals surface area contributed by atoms with E-state index in [-0.39, 0.29) is 16.6 Å². The van der Waals surface area contributed by atoms with E-state index in [0.717, 1.165) is 24.7 Å². The van der Waals surface area contributed by atoms with Crippen LogP contribution in [0.1, 0.15) is 40.0 Å². The van der Waals surface area contributed by atoms with Crippen LogP contribution in [0.15, 0.2) is 23.8 Å². The van der Waals surface area contributed by atoms with Crippen LogP contribution in [0.2, 0.25) is 0 Å². The first-order valence-corrected chi connectivity index (χ1v) is 6.54. The molecule has 0 aromatic rings. The molecule has 3 rings (SSSR count). The van der Waals surface area contributed by atoms with Gasteiger partial charge >= 0.3 is 0 Å². The smallest absolute Gasteiger partial charge is 0.149 e. The molecule has 2 heteroatoms. The molecular weight excluding hydrogens is 212 g/mol. The van der Waals surface area contributed by atoms with Crippen molar-refractivity contribution in [3.63, 3.8) is 0 Å². The third kappa shape index (κ3) is 1.12. The molecule has 2 nitrogen and oxygen atoms in total. The molecule has 1 heterocycles. The summed E-state index contributed by atoms with van der Waals surface area (Å²) in [5.74, 6) is 0.545. The van der Waals surface area contributed by atoms with Crippen LogP contribution in [0.3, 0.4) is 0 Å². The van der Waals surface area contributed by atoms with Gasteiger partial charge < -0.3 is 4.74 Å². The van der Waals surface area contributed by atoms with Crippen molar-refractivity contribution in [3.05, 3.63) is 23.8 Å². The highest BCUT2D eigenvalue weighted by molar-refractivity contribution is 5.77. The summed E-state index contributed by atoms with van der Waals surface area (Å²) in [6, 6.07) is 0. The fourth-order valence-corrected chi connectivity index (χ4v) is 4.02. The van der Waals surface area contributed by atoms with E-state index in [2.05, 4.69) is 26.8 Å². The van der Waals surface area contributed by atoms with E-state index in [9.17, 15) is 4.79 Å². The van der Waals surface area contributed by atoms with E-state index in [0.29, 0.717) is 5.92 Å². The second-order valence-electron chi connectivity index (χ2n) is 6.25. The minimum absolute atomic E-state index is 0.0462. The average molecular weight is 232 g/mol. The molecule has 0 aromatic carbocycles. The largest absolute Gasteiger partial charge is 0.361 e. The van der Waals surface area contributed by atoms with Gasteiger partial charge in [-0.2, -0.15) is 0 Å². The van der Waals surface area contributed by atoms with E-state index < -0.39 is 0 Å². The summed E-state index contributed by atoms with van der Waals surface area (Å²) in [4.78, 5) is 10.9. The molecule has 1 saturated carbocycles. The molecule has 0 amide bonds. The van der Waals surface area contributed by atoms with Gasteiger partial charge in [0.1, 0.15) is 17.5 Å². The fraction of sp³-hybridized carbons (Fsp3) is 0.667. The summed E-state index contributed by atoms with van der Waals surface area (Å²) in [6.07, 6.45) is 10.4. The predicted octanol–water partition coefficient (Wildman–Crippen LogP) is 3.04. The first-order valence-electron chi connectivity index (χ1n) is 6.54. The first kappa shape index (κ1) is 11.2. The monoisotopic (exact) mass is 232 g/mol. The second kappa shape index (κ2) is 3.11. The maximum absolute atomic E-state index is 10.9. The molecule has 1 saturated heterocycles. The van der Waals surface area contributed by atoms with Crippen LogP contribution in [-0.4, -0.2) is 17.5 Å². The lowest BCUT2D eigenvalue weighted by Crippen LogP contribution is -2.35. The molecule has 3 unspecified atom stereocenters. The summed E-state index contributed by atoms with van der Waals surface area (Å²) >= 11 is 0. The maximum atomic E-state index is 10.9. The molecule has 17 heavy (non-hydrogen) atoms. The van der Waals surface area contributed by atoms with Crippen molar-refractivity contribution in [3.8, 4) is 0 Å².